The highest BCUT2D eigenvalue weighted by atomic mass is 32.1. The van der Waals surface area contributed by atoms with E-state index in [-0.39, 0.29) is 10.8 Å². The van der Waals surface area contributed by atoms with Crippen molar-refractivity contribution < 1.29 is 9.53 Å². The maximum Gasteiger partial charge on any atom is 0.322 e. The van der Waals surface area contributed by atoms with Crippen LogP contribution in [0.15, 0.2) is 53.5 Å². The van der Waals surface area contributed by atoms with Crippen molar-refractivity contribution in [3.8, 4) is 5.88 Å². The van der Waals surface area contributed by atoms with Crippen LogP contribution in [0.4, 0.5) is 0 Å². The van der Waals surface area contributed by atoms with Crippen molar-refractivity contribution >= 4 is 28.1 Å². The number of carbonyl (C=O) groups excluding carboxylic acids is 1. The molecule has 1 amide bonds. The zero-order valence-corrected chi connectivity index (χ0v) is 17.0. The van der Waals surface area contributed by atoms with Gasteiger partial charge in [0.1, 0.15) is 11.6 Å². The number of pyridine rings is 2. The number of hydrogen-bond donors (Lipinski definition) is 2. The van der Waals surface area contributed by atoms with Gasteiger partial charge < -0.3 is 10.1 Å². The Morgan fingerprint density at radius 1 is 1.23 bits per heavy atom. The van der Waals surface area contributed by atoms with Crippen LogP contribution in [0.1, 0.15) is 26.6 Å². The smallest absolute Gasteiger partial charge is 0.322 e. The molecule has 4 rings (SSSR count). The number of benzene rings is 1. The lowest BCUT2D eigenvalue weighted by Crippen LogP contribution is -2.25. The number of rotatable bonds is 7. The highest BCUT2D eigenvalue weighted by molar-refractivity contribution is 7.08. The first-order chi connectivity index (χ1) is 14.6. The molecule has 0 atom stereocenters. The first kappa shape index (κ1) is 19.7. The molecule has 0 aliphatic rings. The van der Waals surface area contributed by atoms with Crippen molar-refractivity contribution in [3.05, 3.63) is 80.2 Å². The minimum absolute atomic E-state index is 0.203. The van der Waals surface area contributed by atoms with E-state index >= 15 is 0 Å². The Hall–Kier alpha value is -3.59. The molecular weight excluding hydrogens is 402 g/mol. The van der Waals surface area contributed by atoms with Gasteiger partial charge in [0.2, 0.25) is 5.88 Å². The van der Waals surface area contributed by atoms with Crippen molar-refractivity contribution in [2.45, 2.75) is 20.0 Å². The molecule has 0 aliphatic heterocycles. The molecule has 2 N–H and O–H groups in total. The zero-order chi connectivity index (χ0) is 20.9. The largest absolute Gasteiger partial charge is 0.473 e. The summed E-state index contributed by atoms with van der Waals surface area (Å²) in [5.41, 5.74) is 3.32. The Kier molecular flexibility index (Phi) is 5.80. The average Bonchev–Trinajstić information content (AvgIpc) is 3.17. The number of aromatic amines is 1. The number of para-hydroxylation sites is 1. The Labute approximate surface area is 176 Å². The van der Waals surface area contributed by atoms with Gasteiger partial charge in [0.15, 0.2) is 0 Å². The van der Waals surface area contributed by atoms with E-state index < -0.39 is 0 Å². The molecule has 0 fully saturated rings. The zero-order valence-electron chi connectivity index (χ0n) is 16.2. The van der Waals surface area contributed by atoms with Crippen LogP contribution >= 0.6 is 11.3 Å². The molecule has 4 aromatic rings. The van der Waals surface area contributed by atoms with Gasteiger partial charge in [0.05, 0.1) is 11.1 Å². The number of nitrogens with one attached hydrogen (secondary N) is 2. The van der Waals surface area contributed by atoms with Gasteiger partial charge in [0, 0.05) is 41.9 Å². The van der Waals surface area contributed by atoms with Crippen LogP contribution in [0.3, 0.4) is 0 Å². The lowest BCUT2D eigenvalue weighted by Gasteiger charge is -2.10. The lowest BCUT2D eigenvalue weighted by molar-refractivity contribution is 0.0953. The standard InChI is InChI=1S/C21H19N5O3S/c1-13-10-15(16-4-2-3-5-17(16)24-13)12-29-18-7-6-14(11-23-18)20(27)22-9-8-19-25-26-21(28)30-19/h2-7,10-11H,8-9,12H2,1H3,(H,22,27)(H,26,28). The van der Waals surface area contributed by atoms with Crippen molar-refractivity contribution in [2.24, 2.45) is 0 Å². The van der Waals surface area contributed by atoms with Crippen LogP contribution in [0, 0.1) is 6.92 Å². The Morgan fingerprint density at radius 2 is 2.10 bits per heavy atom. The molecule has 8 nitrogen and oxygen atoms in total. The summed E-state index contributed by atoms with van der Waals surface area (Å²) in [6, 6.07) is 13.3. The second kappa shape index (κ2) is 8.83. The topological polar surface area (TPSA) is 110 Å². The number of H-pyrrole nitrogens is 1. The molecular formula is C21H19N5O3S. The van der Waals surface area contributed by atoms with Crippen molar-refractivity contribution in [1.29, 1.82) is 0 Å². The maximum absolute atomic E-state index is 12.2. The van der Waals surface area contributed by atoms with Gasteiger partial charge in [-0.25, -0.2) is 10.1 Å². The third kappa shape index (κ3) is 4.69. The summed E-state index contributed by atoms with van der Waals surface area (Å²) in [5, 5.41) is 10.7. The molecule has 0 aliphatic carbocycles. The predicted octanol–water partition coefficient (Wildman–Crippen LogP) is 2.63. The van der Waals surface area contributed by atoms with Crippen LogP contribution < -0.4 is 14.9 Å². The summed E-state index contributed by atoms with van der Waals surface area (Å²) >= 11 is 1.04. The summed E-state index contributed by atoms with van der Waals surface area (Å²) in [7, 11) is 0. The molecule has 1 aromatic carbocycles. The molecule has 9 heteroatoms. The highest BCUT2D eigenvalue weighted by Gasteiger charge is 2.09. The number of amides is 1. The molecule has 3 aromatic heterocycles. The van der Waals surface area contributed by atoms with Crippen molar-refractivity contribution in [3.63, 3.8) is 0 Å². The molecule has 0 saturated carbocycles. The van der Waals surface area contributed by atoms with E-state index in [1.54, 1.807) is 12.1 Å². The van der Waals surface area contributed by atoms with E-state index in [4.69, 9.17) is 4.74 Å². The molecule has 0 saturated heterocycles. The maximum atomic E-state index is 12.2. The Bertz CT molecular complexity index is 1230. The van der Waals surface area contributed by atoms with Crippen LogP contribution in [0.2, 0.25) is 0 Å². The molecule has 0 bridgehead atoms. The number of nitrogens with zero attached hydrogens (tertiary/aromatic N) is 3. The fourth-order valence-electron chi connectivity index (χ4n) is 3.02. The van der Waals surface area contributed by atoms with Gasteiger partial charge >= 0.3 is 4.87 Å². The predicted molar refractivity (Wildman–Crippen MR) is 114 cm³/mol. The fraction of sp³-hybridized carbons (Fsp3) is 0.190. The summed E-state index contributed by atoms with van der Waals surface area (Å²) < 4.78 is 5.82. The normalized spacial score (nSPS) is 10.8. The number of hydrogen-bond acceptors (Lipinski definition) is 7. The van der Waals surface area contributed by atoms with Gasteiger partial charge in [0.25, 0.3) is 5.91 Å². The van der Waals surface area contributed by atoms with Gasteiger partial charge in [-0.05, 0) is 25.1 Å². The van der Waals surface area contributed by atoms with E-state index in [0.29, 0.717) is 36.0 Å². The number of aryl methyl sites for hydroxylation is 1. The van der Waals surface area contributed by atoms with E-state index in [0.717, 1.165) is 33.5 Å². The summed E-state index contributed by atoms with van der Waals surface area (Å²) in [6.45, 7) is 2.69. The van der Waals surface area contributed by atoms with Crippen LogP contribution in [-0.4, -0.2) is 32.6 Å². The molecule has 0 spiro atoms. The second-order valence-corrected chi connectivity index (χ2v) is 7.67. The number of aromatic nitrogens is 4. The third-order valence-electron chi connectivity index (χ3n) is 4.41. The van der Waals surface area contributed by atoms with Crippen LogP contribution in [0.25, 0.3) is 10.9 Å². The highest BCUT2D eigenvalue weighted by Crippen LogP contribution is 2.20. The number of fused-ring (bicyclic) bond motifs is 1. The molecule has 30 heavy (non-hydrogen) atoms. The Balaban J connectivity index is 1.34. The van der Waals surface area contributed by atoms with Crippen molar-refractivity contribution in [2.75, 3.05) is 6.54 Å². The van der Waals surface area contributed by atoms with Crippen LogP contribution in [0.5, 0.6) is 5.88 Å². The minimum atomic E-state index is -0.243. The summed E-state index contributed by atoms with van der Waals surface area (Å²) in [5.74, 6) is 0.194. The number of carbonyl (C=O) groups is 1. The molecule has 152 valence electrons. The first-order valence-corrected chi connectivity index (χ1v) is 10.2. The molecule has 0 radical (unpaired) electrons. The van der Waals surface area contributed by atoms with E-state index in [2.05, 4.69) is 25.5 Å². The summed E-state index contributed by atoms with van der Waals surface area (Å²) in [4.78, 5) is 31.8. The van der Waals surface area contributed by atoms with Gasteiger partial charge in [-0.2, -0.15) is 5.10 Å². The lowest BCUT2D eigenvalue weighted by atomic mass is 10.1. The first-order valence-electron chi connectivity index (χ1n) is 9.35. The number of ether oxygens (including phenoxy) is 1. The van der Waals surface area contributed by atoms with E-state index in [1.807, 2.05) is 37.3 Å². The molecule has 3 heterocycles. The Morgan fingerprint density at radius 3 is 2.87 bits per heavy atom. The SMILES string of the molecule is Cc1cc(COc2ccc(C(=O)NCCc3n[nH]c(=O)s3)cn2)c2ccccc2n1. The fourth-order valence-corrected chi connectivity index (χ4v) is 3.62. The van der Waals surface area contributed by atoms with Crippen molar-refractivity contribution in [1.82, 2.24) is 25.5 Å². The molecule has 0 unspecified atom stereocenters. The van der Waals surface area contributed by atoms with Gasteiger partial charge in [-0.3, -0.25) is 14.6 Å². The monoisotopic (exact) mass is 421 g/mol. The van der Waals surface area contributed by atoms with Gasteiger partial charge in [-0.15, -0.1) is 0 Å². The van der Waals surface area contributed by atoms with E-state index in [1.165, 1.54) is 6.20 Å². The summed E-state index contributed by atoms with van der Waals surface area (Å²) in [6.07, 6.45) is 1.97. The van der Waals surface area contributed by atoms with Gasteiger partial charge in [-0.1, -0.05) is 29.5 Å². The minimum Gasteiger partial charge on any atom is -0.473 e. The van der Waals surface area contributed by atoms with E-state index in [9.17, 15) is 9.59 Å². The van der Waals surface area contributed by atoms with Crippen LogP contribution in [-0.2, 0) is 13.0 Å². The quantitative estimate of drug-likeness (QED) is 0.475. The third-order valence-corrected chi connectivity index (χ3v) is 5.22. The second-order valence-electron chi connectivity index (χ2n) is 6.63. The average molecular weight is 421 g/mol.